The normalized spacial score (nSPS) is 17.7. The van der Waals surface area contributed by atoms with Crippen molar-refractivity contribution in [3.63, 3.8) is 0 Å². The number of amides is 1. The van der Waals surface area contributed by atoms with E-state index in [2.05, 4.69) is 24.3 Å². The van der Waals surface area contributed by atoms with Crippen molar-refractivity contribution < 1.29 is 9.53 Å². The summed E-state index contributed by atoms with van der Waals surface area (Å²) in [5.41, 5.74) is 1.66. The number of carbonyl (C=O) groups excluding carboxylic acids is 1. The number of hydrogen-bond donors (Lipinski definition) is 1. The van der Waals surface area contributed by atoms with Crippen molar-refractivity contribution in [2.45, 2.75) is 51.9 Å². The molecule has 1 amide bonds. The first-order chi connectivity index (χ1) is 10.5. The van der Waals surface area contributed by atoms with Crippen LogP contribution < -0.4 is 5.32 Å². The zero-order chi connectivity index (χ0) is 16.2. The molecule has 5 heteroatoms. The lowest BCUT2D eigenvalue weighted by Gasteiger charge is -2.36. The number of aryl methyl sites for hydroxylation is 1. The molecule has 1 aromatic heterocycles. The van der Waals surface area contributed by atoms with Gasteiger partial charge < -0.3 is 10.1 Å². The maximum Gasteiger partial charge on any atom is 0.254 e. The van der Waals surface area contributed by atoms with Crippen LogP contribution in [0.25, 0.3) is 0 Å². The maximum atomic E-state index is 12.6. The van der Waals surface area contributed by atoms with Gasteiger partial charge in [0.1, 0.15) is 0 Å². The van der Waals surface area contributed by atoms with Gasteiger partial charge in [-0.05, 0) is 18.8 Å². The van der Waals surface area contributed by atoms with Crippen LogP contribution in [0.5, 0.6) is 0 Å². The van der Waals surface area contributed by atoms with Crippen molar-refractivity contribution in [2.75, 3.05) is 20.3 Å². The minimum absolute atomic E-state index is 0.0159. The summed E-state index contributed by atoms with van der Waals surface area (Å²) in [4.78, 5) is 12.6. The Morgan fingerprint density at radius 1 is 1.41 bits per heavy atom. The van der Waals surface area contributed by atoms with E-state index in [-0.39, 0.29) is 17.2 Å². The average molecular weight is 307 g/mol. The minimum atomic E-state index is -0.0159. The highest BCUT2D eigenvalue weighted by Gasteiger charge is 2.33. The minimum Gasteiger partial charge on any atom is -0.384 e. The quantitative estimate of drug-likeness (QED) is 0.879. The van der Waals surface area contributed by atoms with Crippen LogP contribution in [0.15, 0.2) is 6.20 Å². The van der Waals surface area contributed by atoms with Gasteiger partial charge in [-0.15, -0.1) is 0 Å². The van der Waals surface area contributed by atoms with Gasteiger partial charge in [-0.1, -0.05) is 33.1 Å². The average Bonchev–Trinajstić information content (AvgIpc) is 2.89. The van der Waals surface area contributed by atoms with Crippen molar-refractivity contribution in [3.05, 3.63) is 17.5 Å². The van der Waals surface area contributed by atoms with Crippen molar-refractivity contribution in [1.29, 1.82) is 0 Å². The number of rotatable bonds is 6. The smallest absolute Gasteiger partial charge is 0.254 e. The Morgan fingerprint density at radius 2 is 2.09 bits per heavy atom. The third-order valence-electron chi connectivity index (χ3n) is 4.64. The van der Waals surface area contributed by atoms with E-state index in [4.69, 9.17) is 4.74 Å². The van der Waals surface area contributed by atoms with Gasteiger partial charge in [-0.2, -0.15) is 5.10 Å². The first-order valence-electron chi connectivity index (χ1n) is 8.28. The molecular formula is C17H29N3O2. The zero-order valence-electron chi connectivity index (χ0n) is 14.3. The Bertz CT molecular complexity index is 496. The zero-order valence-corrected chi connectivity index (χ0v) is 14.3. The summed E-state index contributed by atoms with van der Waals surface area (Å²) < 4.78 is 7.14. The molecule has 1 fully saturated rings. The van der Waals surface area contributed by atoms with Crippen molar-refractivity contribution in [2.24, 2.45) is 12.5 Å². The standard InChI is InChI=1S/C17H29N3O2/c1-13(2)15-14(10-20(3)19-15)16(21)18-11-17(12-22-4)8-6-5-7-9-17/h10,13H,5-9,11-12H2,1-4H3,(H,18,21). The number of hydrogen-bond acceptors (Lipinski definition) is 3. The molecule has 1 heterocycles. The van der Waals surface area contributed by atoms with Crippen LogP contribution in [0, 0.1) is 5.41 Å². The van der Waals surface area contributed by atoms with Gasteiger partial charge >= 0.3 is 0 Å². The first-order valence-corrected chi connectivity index (χ1v) is 8.28. The number of carbonyl (C=O) groups is 1. The van der Waals surface area contributed by atoms with E-state index < -0.39 is 0 Å². The number of ether oxygens (including phenoxy) is 1. The SMILES string of the molecule is COCC1(CNC(=O)c2cn(C)nc2C(C)C)CCCCC1. The van der Waals surface area contributed by atoms with Crippen LogP contribution in [-0.2, 0) is 11.8 Å². The van der Waals surface area contributed by atoms with Crippen LogP contribution in [0.1, 0.15) is 67.9 Å². The Labute approximate surface area is 133 Å². The lowest BCUT2D eigenvalue weighted by Crippen LogP contribution is -2.42. The lowest BCUT2D eigenvalue weighted by molar-refractivity contribution is 0.0464. The predicted octanol–water partition coefficient (Wildman–Crippen LogP) is 2.87. The van der Waals surface area contributed by atoms with Crippen molar-refractivity contribution >= 4 is 5.91 Å². The molecule has 0 aliphatic heterocycles. The molecule has 1 aliphatic carbocycles. The number of nitrogens with one attached hydrogen (secondary N) is 1. The molecule has 22 heavy (non-hydrogen) atoms. The van der Waals surface area contributed by atoms with E-state index in [0.29, 0.717) is 12.1 Å². The van der Waals surface area contributed by atoms with Crippen molar-refractivity contribution in [1.82, 2.24) is 15.1 Å². The molecule has 1 aromatic rings. The third-order valence-corrected chi connectivity index (χ3v) is 4.64. The fourth-order valence-electron chi connectivity index (χ4n) is 3.45. The van der Waals surface area contributed by atoms with Gasteiger partial charge in [-0.3, -0.25) is 9.48 Å². The van der Waals surface area contributed by atoms with E-state index in [9.17, 15) is 4.79 Å². The van der Waals surface area contributed by atoms with Crippen LogP contribution >= 0.6 is 0 Å². The second-order valence-electron chi connectivity index (χ2n) is 6.93. The second-order valence-corrected chi connectivity index (χ2v) is 6.93. The molecule has 2 rings (SSSR count). The second kappa shape index (κ2) is 7.27. The molecule has 0 radical (unpaired) electrons. The Morgan fingerprint density at radius 3 is 2.68 bits per heavy atom. The summed E-state index contributed by atoms with van der Waals surface area (Å²) in [7, 11) is 3.60. The highest BCUT2D eigenvalue weighted by atomic mass is 16.5. The number of methoxy groups -OCH3 is 1. The van der Waals surface area contributed by atoms with Gasteiger partial charge in [0.25, 0.3) is 5.91 Å². The summed E-state index contributed by atoms with van der Waals surface area (Å²) in [6.45, 7) is 5.53. The number of aromatic nitrogens is 2. The monoisotopic (exact) mass is 307 g/mol. The van der Waals surface area contributed by atoms with Crippen LogP contribution in [0.3, 0.4) is 0 Å². The summed E-state index contributed by atoms with van der Waals surface area (Å²) in [6, 6.07) is 0. The van der Waals surface area contributed by atoms with Crippen molar-refractivity contribution in [3.8, 4) is 0 Å². The molecule has 0 spiro atoms. The maximum absolute atomic E-state index is 12.6. The Kier molecular flexibility index (Phi) is 5.62. The molecule has 1 N–H and O–H groups in total. The molecule has 124 valence electrons. The largest absolute Gasteiger partial charge is 0.384 e. The molecule has 1 aliphatic rings. The molecule has 0 saturated heterocycles. The highest BCUT2D eigenvalue weighted by molar-refractivity contribution is 5.95. The molecule has 0 bridgehead atoms. The van der Waals surface area contributed by atoms with E-state index >= 15 is 0 Å². The summed E-state index contributed by atoms with van der Waals surface area (Å²) >= 11 is 0. The van der Waals surface area contributed by atoms with Gasteiger partial charge in [-0.25, -0.2) is 0 Å². The molecule has 5 nitrogen and oxygen atoms in total. The van der Waals surface area contributed by atoms with Crippen LogP contribution in [-0.4, -0.2) is 35.9 Å². The third kappa shape index (κ3) is 3.88. The first kappa shape index (κ1) is 17.0. The fraction of sp³-hybridized carbons (Fsp3) is 0.765. The van der Waals surface area contributed by atoms with Crippen LogP contribution in [0.4, 0.5) is 0 Å². The molecule has 1 saturated carbocycles. The summed E-state index contributed by atoms with van der Waals surface area (Å²) in [6.07, 6.45) is 7.82. The molecule has 0 atom stereocenters. The summed E-state index contributed by atoms with van der Waals surface area (Å²) in [5, 5.41) is 7.54. The number of nitrogens with zero attached hydrogens (tertiary/aromatic N) is 2. The lowest BCUT2D eigenvalue weighted by atomic mass is 9.74. The molecule has 0 aromatic carbocycles. The van der Waals surface area contributed by atoms with E-state index in [1.54, 1.807) is 11.8 Å². The molecule has 0 unspecified atom stereocenters. The molecular weight excluding hydrogens is 278 g/mol. The Balaban J connectivity index is 2.05. The fourth-order valence-corrected chi connectivity index (χ4v) is 3.45. The highest BCUT2D eigenvalue weighted by Crippen LogP contribution is 2.36. The van der Waals surface area contributed by atoms with Gasteiger partial charge in [0.05, 0.1) is 17.9 Å². The van der Waals surface area contributed by atoms with Crippen LogP contribution in [0.2, 0.25) is 0 Å². The van der Waals surface area contributed by atoms with E-state index in [1.165, 1.54) is 19.3 Å². The Hall–Kier alpha value is -1.36. The van der Waals surface area contributed by atoms with E-state index in [1.807, 2.05) is 13.2 Å². The topological polar surface area (TPSA) is 56.1 Å². The van der Waals surface area contributed by atoms with E-state index in [0.717, 1.165) is 25.1 Å². The van der Waals surface area contributed by atoms with Gasteiger partial charge in [0, 0.05) is 32.3 Å². The predicted molar refractivity (Wildman–Crippen MR) is 87.0 cm³/mol. The summed E-state index contributed by atoms with van der Waals surface area (Å²) in [5.74, 6) is 0.224. The van der Waals surface area contributed by atoms with Gasteiger partial charge in [0.15, 0.2) is 0 Å². The van der Waals surface area contributed by atoms with Gasteiger partial charge in [0.2, 0.25) is 0 Å².